The monoisotopic (exact) mass is 467 g/mol. The van der Waals surface area contributed by atoms with Gasteiger partial charge in [0.2, 0.25) is 0 Å². The van der Waals surface area contributed by atoms with Crippen LogP contribution in [0.3, 0.4) is 0 Å². The minimum atomic E-state index is -3.97. The molecule has 0 fully saturated rings. The Hall–Kier alpha value is -4.10. The average molecular weight is 468 g/mol. The van der Waals surface area contributed by atoms with Crippen LogP contribution in [0.25, 0.3) is 11.1 Å². The van der Waals surface area contributed by atoms with Crippen molar-refractivity contribution >= 4 is 28.0 Å². The van der Waals surface area contributed by atoms with Gasteiger partial charge in [0.15, 0.2) is 0 Å². The first kappa shape index (κ1) is 21.7. The molecular weight excluding hydrogens is 446 g/mol. The topological polar surface area (TPSA) is 88.0 Å². The van der Waals surface area contributed by atoms with Crippen molar-refractivity contribution in [2.75, 3.05) is 0 Å². The van der Waals surface area contributed by atoms with Crippen LogP contribution in [0.15, 0.2) is 124 Å². The molecule has 0 spiro atoms. The average Bonchev–Trinajstić information content (AvgIpc) is 3.28. The number of benzene rings is 3. The van der Waals surface area contributed by atoms with E-state index in [-0.39, 0.29) is 10.5 Å². The summed E-state index contributed by atoms with van der Waals surface area (Å²) in [5.41, 5.74) is 3.45. The first-order valence-electron chi connectivity index (χ1n) is 10.7. The van der Waals surface area contributed by atoms with E-state index < -0.39 is 21.5 Å². The number of rotatable bonds is 6. The molecule has 7 heteroatoms. The highest BCUT2D eigenvalue weighted by Gasteiger charge is 2.37. The molecule has 0 saturated carbocycles. The lowest BCUT2D eigenvalue weighted by Gasteiger charge is -2.26. The maximum atomic E-state index is 12.7. The minimum Gasteiger partial charge on any atom is -0.268 e. The molecule has 0 radical (unpaired) electrons. The van der Waals surface area contributed by atoms with Gasteiger partial charge in [0.1, 0.15) is 11.9 Å². The zero-order valence-electron chi connectivity index (χ0n) is 18.1. The molecule has 2 aliphatic rings. The van der Waals surface area contributed by atoms with E-state index >= 15 is 0 Å². The normalized spacial score (nSPS) is 18.7. The van der Waals surface area contributed by atoms with E-state index in [4.69, 9.17) is 0 Å². The van der Waals surface area contributed by atoms with Gasteiger partial charge in [-0.25, -0.2) is 18.1 Å². The standard InChI is InChI=1S/C27H21N3O3S/c31-26(30-34(32,33)24-9-5-2-6-10-24)23-15-16-27(25(17-23)28-19-29-27)18-20-11-13-22(14-12-20)21-7-3-1-4-8-21/h1-17,19H,18H2,(H,30,31). The van der Waals surface area contributed by atoms with Crippen molar-refractivity contribution in [1.82, 2.24) is 4.72 Å². The second-order valence-corrected chi connectivity index (χ2v) is 9.79. The van der Waals surface area contributed by atoms with Crippen LogP contribution in [0.2, 0.25) is 0 Å². The zero-order chi connectivity index (χ0) is 23.6. The third-order valence-corrected chi connectivity index (χ3v) is 7.18. The fraction of sp³-hybridized carbons (Fsp3) is 0.0741. The van der Waals surface area contributed by atoms with Crippen molar-refractivity contribution in [2.24, 2.45) is 9.98 Å². The van der Waals surface area contributed by atoms with Gasteiger partial charge in [-0.05, 0) is 41.0 Å². The maximum Gasteiger partial charge on any atom is 0.265 e. The molecule has 1 aliphatic carbocycles. The number of fused-ring (bicyclic) bond motifs is 1. The summed E-state index contributed by atoms with van der Waals surface area (Å²) in [7, 11) is -3.97. The van der Waals surface area contributed by atoms with Gasteiger partial charge in [0.25, 0.3) is 15.9 Å². The van der Waals surface area contributed by atoms with E-state index in [0.29, 0.717) is 12.1 Å². The Morgan fingerprint density at radius 1 is 0.853 bits per heavy atom. The number of carbonyl (C=O) groups excluding carboxylic acids is 1. The van der Waals surface area contributed by atoms with E-state index in [2.05, 4.69) is 51.1 Å². The number of nitrogens with zero attached hydrogens (tertiary/aromatic N) is 2. The lowest BCUT2D eigenvalue weighted by molar-refractivity contribution is -0.115. The third kappa shape index (κ3) is 4.25. The van der Waals surface area contributed by atoms with E-state index in [0.717, 1.165) is 16.7 Å². The Morgan fingerprint density at radius 2 is 1.50 bits per heavy atom. The number of amides is 1. The predicted octanol–water partition coefficient (Wildman–Crippen LogP) is 4.12. The summed E-state index contributed by atoms with van der Waals surface area (Å²) < 4.78 is 27.1. The van der Waals surface area contributed by atoms with Crippen molar-refractivity contribution in [3.63, 3.8) is 0 Å². The maximum absolute atomic E-state index is 12.7. The Balaban J connectivity index is 1.32. The van der Waals surface area contributed by atoms with Gasteiger partial charge in [-0.15, -0.1) is 0 Å². The molecule has 1 N–H and O–H groups in total. The second-order valence-electron chi connectivity index (χ2n) is 8.10. The number of sulfonamides is 1. The number of hydrogen-bond acceptors (Lipinski definition) is 5. The SMILES string of the molecule is O=C(NS(=O)(=O)c1ccccc1)C1=CC2=NC=NC2(Cc2ccc(-c3ccccc3)cc2)C=C1. The molecule has 5 rings (SSSR count). The predicted molar refractivity (Wildman–Crippen MR) is 133 cm³/mol. The molecular formula is C27H21N3O3S. The van der Waals surface area contributed by atoms with Gasteiger partial charge in [-0.2, -0.15) is 0 Å². The van der Waals surface area contributed by atoms with Crippen LogP contribution in [0.4, 0.5) is 0 Å². The van der Waals surface area contributed by atoms with Crippen molar-refractivity contribution in [3.05, 3.63) is 114 Å². The summed E-state index contributed by atoms with van der Waals surface area (Å²) in [6.07, 6.45) is 7.07. The van der Waals surface area contributed by atoms with Crippen LogP contribution in [0, 0.1) is 0 Å². The molecule has 0 saturated heterocycles. The Kier molecular flexibility index (Phi) is 5.55. The molecule has 3 aromatic rings. The van der Waals surface area contributed by atoms with E-state index in [1.54, 1.807) is 30.4 Å². The molecule has 3 aromatic carbocycles. The summed E-state index contributed by atoms with van der Waals surface area (Å²) in [5.74, 6) is -0.712. The Labute approximate surface area is 198 Å². The van der Waals surface area contributed by atoms with Gasteiger partial charge in [-0.1, -0.05) is 78.9 Å². The van der Waals surface area contributed by atoms with E-state index in [1.807, 2.05) is 24.3 Å². The molecule has 0 bridgehead atoms. The minimum absolute atomic E-state index is 0.0265. The van der Waals surface area contributed by atoms with E-state index in [1.165, 1.54) is 18.5 Å². The fourth-order valence-electron chi connectivity index (χ4n) is 4.02. The highest BCUT2D eigenvalue weighted by atomic mass is 32.2. The van der Waals surface area contributed by atoms with Gasteiger partial charge >= 0.3 is 0 Å². The van der Waals surface area contributed by atoms with Gasteiger partial charge in [0, 0.05) is 12.0 Å². The van der Waals surface area contributed by atoms with Crippen LogP contribution >= 0.6 is 0 Å². The first-order valence-corrected chi connectivity index (χ1v) is 12.2. The van der Waals surface area contributed by atoms with E-state index in [9.17, 15) is 13.2 Å². The molecule has 1 amide bonds. The van der Waals surface area contributed by atoms with Gasteiger partial charge in [-0.3, -0.25) is 9.79 Å². The zero-order valence-corrected chi connectivity index (χ0v) is 18.9. The molecule has 1 atom stereocenters. The van der Waals surface area contributed by atoms with Crippen LogP contribution < -0.4 is 4.72 Å². The molecule has 168 valence electrons. The van der Waals surface area contributed by atoms with Crippen LogP contribution in [-0.2, 0) is 21.2 Å². The lowest BCUT2D eigenvalue weighted by atomic mass is 9.82. The molecule has 6 nitrogen and oxygen atoms in total. The summed E-state index contributed by atoms with van der Waals surface area (Å²) in [5, 5.41) is 0. The van der Waals surface area contributed by atoms with Crippen molar-refractivity contribution in [3.8, 4) is 11.1 Å². The Morgan fingerprint density at radius 3 is 2.21 bits per heavy atom. The lowest BCUT2D eigenvalue weighted by Crippen LogP contribution is -2.38. The number of aliphatic imine (C=N–C) groups is 2. The number of carbonyl (C=O) groups is 1. The van der Waals surface area contributed by atoms with Crippen LogP contribution in [0.5, 0.6) is 0 Å². The van der Waals surface area contributed by atoms with Crippen molar-refractivity contribution in [2.45, 2.75) is 16.9 Å². The fourth-order valence-corrected chi connectivity index (χ4v) is 5.01. The summed E-state index contributed by atoms with van der Waals surface area (Å²) >= 11 is 0. The molecule has 1 aliphatic heterocycles. The molecule has 34 heavy (non-hydrogen) atoms. The summed E-state index contributed by atoms with van der Waals surface area (Å²) in [6.45, 7) is 0. The van der Waals surface area contributed by atoms with Crippen molar-refractivity contribution < 1.29 is 13.2 Å². The van der Waals surface area contributed by atoms with Crippen molar-refractivity contribution in [1.29, 1.82) is 0 Å². The summed E-state index contributed by atoms with van der Waals surface area (Å²) in [6, 6.07) is 26.2. The smallest absolute Gasteiger partial charge is 0.265 e. The third-order valence-electron chi connectivity index (χ3n) is 5.84. The highest BCUT2D eigenvalue weighted by molar-refractivity contribution is 7.90. The van der Waals surface area contributed by atoms with Gasteiger partial charge in [0.05, 0.1) is 10.6 Å². The summed E-state index contributed by atoms with van der Waals surface area (Å²) in [4.78, 5) is 21.6. The largest absolute Gasteiger partial charge is 0.268 e. The van der Waals surface area contributed by atoms with Crippen LogP contribution in [-0.4, -0.2) is 31.9 Å². The highest BCUT2D eigenvalue weighted by Crippen LogP contribution is 2.31. The first-order chi connectivity index (χ1) is 16.5. The molecule has 1 unspecified atom stereocenters. The Bertz CT molecular complexity index is 1460. The number of nitrogens with one attached hydrogen (secondary N) is 1. The van der Waals surface area contributed by atoms with Crippen LogP contribution in [0.1, 0.15) is 5.56 Å². The quantitative estimate of drug-likeness (QED) is 0.592. The molecule has 0 aromatic heterocycles. The molecule has 1 heterocycles. The number of hydrogen-bond donors (Lipinski definition) is 1. The second kappa shape index (κ2) is 8.68. The van der Waals surface area contributed by atoms with Gasteiger partial charge < -0.3 is 0 Å².